The predicted molar refractivity (Wildman–Crippen MR) is 100 cm³/mol. The lowest BCUT2D eigenvalue weighted by Crippen LogP contribution is -1.97. The van der Waals surface area contributed by atoms with Crippen molar-refractivity contribution in [1.82, 2.24) is 4.98 Å². The van der Waals surface area contributed by atoms with Crippen LogP contribution < -0.4 is 9.47 Å². The zero-order valence-electron chi connectivity index (χ0n) is 14.0. The van der Waals surface area contributed by atoms with Gasteiger partial charge in [-0.1, -0.05) is 48.5 Å². The lowest BCUT2D eigenvalue weighted by Gasteiger charge is -2.13. The first-order valence-corrected chi connectivity index (χ1v) is 8.31. The summed E-state index contributed by atoms with van der Waals surface area (Å²) in [5.41, 5.74) is 3.30. The smallest absolute Gasteiger partial charge is 0.169 e. The van der Waals surface area contributed by atoms with Gasteiger partial charge in [0.2, 0.25) is 0 Å². The molecule has 124 valence electrons. The Bertz CT molecular complexity index is 989. The summed E-state index contributed by atoms with van der Waals surface area (Å²) >= 11 is 0. The summed E-state index contributed by atoms with van der Waals surface area (Å²) in [6.07, 6.45) is 0. The highest BCUT2D eigenvalue weighted by Gasteiger charge is 2.10. The van der Waals surface area contributed by atoms with Crippen LogP contribution in [0.25, 0.3) is 10.9 Å². The molecule has 0 unspecified atom stereocenters. The molecule has 0 aliphatic carbocycles. The van der Waals surface area contributed by atoms with E-state index in [-0.39, 0.29) is 0 Å². The number of nitrogens with one attached hydrogen (secondary N) is 1. The summed E-state index contributed by atoms with van der Waals surface area (Å²) in [6, 6.07) is 26.0. The molecule has 4 rings (SSSR count). The van der Waals surface area contributed by atoms with Crippen molar-refractivity contribution in [2.24, 2.45) is 0 Å². The fourth-order valence-corrected chi connectivity index (χ4v) is 2.86. The number of benzene rings is 3. The maximum atomic E-state index is 6.18. The SMILES string of the molecule is Cc1cc2c(Oc3ccccc3OCc3ccccc3)cccc2[nH]1. The molecule has 0 aliphatic rings. The summed E-state index contributed by atoms with van der Waals surface area (Å²) in [7, 11) is 0. The molecule has 4 aromatic rings. The fourth-order valence-electron chi connectivity index (χ4n) is 2.86. The van der Waals surface area contributed by atoms with Crippen LogP contribution in [0.3, 0.4) is 0 Å². The van der Waals surface area contributed by atoms with Gasteiger partial charge >= 0.3 is 0 Å². The van der Waals surface area contributed by atoms with Crippen LogP contribution in [0.1, 0.15) is 11.3 Å². The number of fused-ring (bicyclic) bond motifs is 1. The summed E-state index contributed by atoms with van der Waals surface area (Å²) in [5, 5.41) is 1.07. The van der Waals surface area contributed by atoms with Crippen molar-refractivity contribution in [2.45, 2.75) is 13.5 Å². The number of aryl methyl sites for hydroxylation is 1. The van der Waals surface area contributed by atoms with Crippen LogP contribution in [-0.4, -0.2) is 4.98 Å². The number of H-pyrrole nitrogens is 1. The van der Waals surface area contributed by atoms with Crippen molar-refractivity contribution in [3.63, 3.8) is 0 Å². The molecular formula is C22H19NO2. The molecule has 1 N–H and O–H groups in total. The van der Waals surface area contributed by atoms with Crippen LogP contribution in [-0.2, 0) is 6.61 Å². The van der Waals surface area contributed by atoms with Gasteiger partial charge in [-0.3, -0.25) is 0 Å². The monoisotopic (exact) mass is 329 g/mol. The van der Waals surface area contributed by atoms with Crippen LogP contribution in [0, 0.1) is 6.92 Å². The molecule has 0 bridgehead atoms. The molecule has 1 heterocycles. The Morgan fingerprint density at radius 3 is 2.32 bits per heavy atom. The number of aromatic amines is 1. The van der Waals surface area contributed by atoms with Crippen LogP contribution in [0.15, 0.2) is 78.9 Å². The first-order chi connectivity index (χ1) is 12.3. The van der Waals surface area contributed by atoms with Crippen LogP contribution in [0.2, 0.25) is 0 Å². The Labute approximate surface area is 146 Å². The lowest BCUT2D eigenvalue weighted by atomic mass is 10.2. The summed E-state index contributed by atoms with van der Waals surface area (Å²) in [6.45, 7) is 2.55. The molecule has 0 aliphatic heterocycles. The minimum absolute atomic E-state index is 0.509. The average Bonchev–Trinajstić information content (AvgIpc) is 3.03. The molecule has 0 amide bonds. The van der Waals surface area contributed by atoms with Gasteiger partial charge in [0.1, 0.15) is 12.4 Å². The third-order valence-corrected chi connectivity index (χ3v) is 4.07. The number of para-hydroxylation sites is 2. The second-order valence-electron chi connectivity index (χ2n) is 5.99. The molecule has 1 aromatic heterocycles. The predicted octanol–water partition coefficient (Wildman–Crippen LogP) is 5.85. The van der Waals surface area contributed by atoms with Gasteiger partial charge in [-0.25, -0.2) is 0 Å². The highest BCUT2D eigenvalue weighted by atomic mass is 16.5. The van der Waals surface area contributed by atoms with Crippen molar-refractivity contribution in [3.05, 3.63) is 90.1 Å². The molecule has 0 saturated carbocycles. The highest BCUT2D eigenvalue weighted by molar-refractivity contribution is 5.87. The number of hydrogen-bond acceptors (Lipinski definition) is 2. The second-order valence-corrected chi connectivity index (χ2v) is 5.99. The van der Waals surface area contributed by atoms with Crippen molar-refractivity contribution in [3.8, 4) is 17.2 Å². The quantitative estimate of drug-likeness (QED) is 0.498. The van der Waals surface area contributed by atoms with Crippen LogP contribution >= 0.6 is 0 Å². The Morgan fingerprint density at radius 1 is 0.760 bits per heavy atom. The van der Waals surface area contributed by atoms with E-state index in [2.05, 4.69) is 11.1 Å². The summed E-state index contributed by atoms with van der Waals surface area (Å²) in [5.74, 6) is 2.26. The topological polar surface area (TPSA) is 34.2 Å². The first-order valence-electron chi connectivity index (χ1n) is 8.31. The highest BCUT2D eigenvalue weighted by Crippen LogP contribution is 2.35. The average molecular weight is 329 g/mol. The number of aromatic nitrogens is 1. The van der Waals surface area contributed by atoms with Gasteiger partial charge in [-0.05, 0) is 42.8 Å². The van der Waals surface area contributed by atoms with E-state index in [0.717, 1.165) is 33.7 Å². The van der Waals surface area contributed by atoms with Crippen molar-refractivity contribution >= 4 is 10.9 Å². The lowest BCUT2D eigenvalue weighted by molar-refractivity contribution is 0.292. The van der Waals surface area contributed by atoms with Crippen molar-refractivity contribution in [2.75, 3.05) is 0 Å². The third-order valence-electron chi connectivity index (χ3n) is 4.07. The van der Waals surface area contributed by atoms with E-state index in [1.54, 1.807) is 0 Å². The van der Waals surface area contributed by atoms with Gasteiger partial charge in [0.15, 0.2) is 11.5 Å². The minimum atomic E-state index is 0.509. The molecule has 0 atom stereocenters. The number of rotatable bonds is 5. The normalized spacial score (nSPS) is 10.8. The Balaban J connectivity index is 1.60. The third kappa shape index (κ3) is 3.36. The zero-order chi connectivity index (χ0) is 17.1. The molecule has 0 radical (unpaired) electrons. The van der Waals surface area contributed by atoms with Gasteiger partial charge in [0.05, 0.1) is 0 Å². The summed E-state index contributed by atoms with van der Waals surface area (Å²) in [4.78, 5) is 3.33. The van der Waals surface area contributed by atoms with E-state index < -0.39 is 0 Å². The van der Waals surface area contributed by atoms with Gasteiger partial charge in [-0.15, -0.1) is 0 Å². The van der Waals surface area contributed by atoms with Crippen molar-refractivity contribution < 1.29 is 9.47 Å². The van der Waals surface area contributed by atoms with E-state index in [4.69, 9.17) is 9.47 Å². The zero-order valence-corrected chi connectivity index (χ0v) is 14.0. The van der Waals surface area contributed by atoms with Crippen LogP contribution in [0.4, 0.5) is 0 Å². The standard InChI is InChI=1S/C22H19NO2/c1-16-14-18-19(23-16)10-7-13-20(18)25-22-12-6-5-11-21(22)24-15-17-8-3-2-4-9-17/h2-14,23H,15H2,1H3. The van der Waals surface area contributed by atoms with Gasteiger partial charge in [0, 0.05) is 16.6 Å². The molecule has 0 fully saturated rings. The number of hydrogen-bond donors (Lipinski definition) is 1. The van der Waals surface area contributed by atoms with E-state index in [0.29, 0.717) is 12.4 Å². The number of ether oxygens (including phenoxy) is 2. The molecule has 3 heteroatoms. The fraction of sp³-hybridized carbons (Fsp3) is 0.0909. The van der Waals surface area contributed by atoms with E-state index in [9.17, 15) is 0 Å². The molecular weight excluding hydrogens is 310 g/mol. The van der Waals surface area contributed by atoms with Gasteiger partial charge in [0.25, 0.3) is 0 Å². The minimum Gasteiger partial charge on any atom is -0.485 e. The van der Waals surface area contributed by atoms with E-state index >= 15 is 0 Å². The maximum Gasteiger partial charge on any atom is 0.169 e. The van der Waals surface area contributed by atoms with Gasteiger partial charge < -0.3 is 14.5 Å². The van der Waals surface area contributed by atoms with Crippen molar-refractivity contribution in [1.29, 1.82) is 0 Å². The Kier molecular flexibility index (Phi) is 4.13. The van der Waals surface area contributed by atoms with E-state index in [1.807, 2.05) is 79.7 Å². The Morgan fingerprint density at radius 2 is 1.48 bits per heavy atom. The Hall–Kier alpha value is -3.20. The largest absolute Gasteiger partial charge is 0.485 e. The molecule has 0 spiro atoms. The molecule has 0 saturated heterocycles. The first kappa shape index (κ1) is 15.3. The second kappa shape index (κ2) is 6.73. The maximum absolute atomic E-state index is 6.18. The van der Waals surface area contributed by atoms with E-state index in [1.165, 1.54) is 0 Å². The van der Waals surface area contributed by atoms with Gasteiger partial charge in [-0.2, -0.15) is 0 Å². The molecule has 3 nitrogen and oxygen atoms in total. The molecule has 3 aromatic carbocycles. The molecule has 25 heavy (non-hydrogen) atoms. The summed E-state index contributed by atoms with van der Waals surface area (Å²) < 4.78 is 12.2. The van der Waals surface area contributed by atoms with Crippen LogP contribution in [0.5, 0.6) is 17.2 Å².